The first kappa shape index (κ1) is 17.4. The maximum atomic E-state index is 12.7. The van der Waals surface area contributed by atoms with Crippen LogP contribution in [0.15, 0.2) is 24.8 Å². The average Bonchev–Trinajstić information content (AvgIpc) is 3.10. The highest BCUT2D eigenvalue weighted by atomic mass is 16.1. The summed E-state index contributed by atoms with van der Waals surface area (Å²) in [7, 11) is 2.19. The Morgan fingerprint density at radius 3 is 2.92 bits per heavy atom. The molecule has 7 heteroatoms. The van der Waals surface area contributed by atoms with Gasteiger partial charge in [-0.3, -0.25) is 19.1 Å². The van der Waals surface area contributed by atoms with Crippen molar-refractivity contribution >= 4 is 11.6 Å². The van der Waals surface area contributed by atoms with Crippen molar-refractivity contribution in [2.24, 2.45) is 5.92 Å². The average molecular weight is 356 g/mol. The second-order valence-corrected chi connectivity index (χ2v) is 7.64. The third kappa shape index (κ3) is 3.73. The van der Waals surface area contributed by atoms with E-state index in [9.17, 15) is 4.79 Å². The highest BCUT2D eigenvalue weighted by molar-refractivity contribution is 5.78. The van der Waals surface area contributed by atoms with Gasteiger partial charge in [-0.1, -0.05) is 0 Å². The highest BCUT2D eigenvalue weighted by Crippen LogP contribution is 2.23. The molecule has 0 radical (unpaired) electrons. The Morgan fingerprint density at radius 1 is 1.23 bits per heavy atom. The second kappa shape index (κ2) is 7.72. The third-order valence-corrected chi connectivity index (χ3v) is 5.87. The Labute approximate surface area is 154 Å². The van der Waals surface area contributed by atoms with E-state index in [4.69, 9.17) is 0 Å². The molecule has 0 aromatic carbocycles. The molecule has 2 aromatic heterocycles. The zero-order valence-electron chi connectivity index (χ0n) is 15.5. The lowest BCUT2D eigenvalue weighted by atomic mass is 9.93. The Hall–Kier alpha value is -1.99. The summed E-state index contributed by atoms with van der Waals surface area (Å²) in [5, 5.41) is 3.12. The number of nitrogens with zero attached hydrogens (tertiary/aromatic N) is 5. The van der Waals surface area contributed by atoms with Gasteiger partial charge in [-0.15, -0.1) is 0 Å². The van der Waals surface area contributed by atoms with Gasteiger partial charge in [-0.25, -0.2) is 4.98 Å². The van der Waals surface area contributed by atoms with Gasteiger partial charge in [-0.2, -0.15) is 0 Å². The maximum Gasteiger partial charge on any atom is 0.224 e. The van der Waals surface area contributed by atoms with E-state index in [2.05, 4.69) is 32.1 Å². The predicted molar refractivity (Wildman–Crippen MR) is 99.6 cm³/mol. The molecule has 4 heterocycles. The van der Waals surface area contributed by atoms with Crippen LogP contribution in [0, 0.1) is 5.92 Å². The summed E-state index contributed by atoms with van der Waals surface area (Å²) in [4.78, 5) is 26.1. The number of hydrogen-bond acceptors (Lipinski definition) is 5. The molecule has 2 fully saturated rings. The Balaban J connectivity index is 1.32. The topological polar surface area (TPSA) is 65.8 Å². The number of amides is 1. The molecule has 0 saturated carbocycles. The van der Waals surface area contributed by atoms with E-state index in [-0.39, 0.29) is 11.8 Å². The van der Waals surface area contributed by atoms with Gasteiger partial charge in [0.05, 0.1) is 30.6 Å². The summed E-state index contributed by atoms with van der Waals surface area (Å²) in [6.07, 6.45) is 11.7. The van der Waals surface area contributed by atoms with E-state index in [1.807, 2.05) is 16.8 Å². The van der Waals surface area contributed by atoms with Crippen molar-refractivity contribution in [2.45, 2.75) is 38.3 Å². The molecular weight excluding hydrogens is 328 g/mol. The van der Waals surface area contributed by atoms with Crippen LogP contribution < -0.4 is 5.32 Å². The number of carbonyl (C=O) groups is 1. The molecule has 2 aliphatic rings. The molecule has 0 aliphatic carbocycles. The van der Waals surface area contributed by atoms with Crippen LogP contribution in [0.4, 0.5) is 0 Å². The largest absolute Gasteiger partial charge is 0.350 e. The molecule has 1 atom stereocenters. The molecular formula is C19H28N6O. The summed E-state index contributed by atoms with van der Waals surface area (Å²) < 4.78 is 1.97. The van der Waals surface area contributed by atoms with Crippen LogP contribution in [0.5, 0.6) is 0 Å². The van der Waals surface area contributed by atoms with Gasteiger partial charge in [0.15, 0.2) is 5.65 Å². The van der Waals surface area contributed by atoms with Crippen LogP contribution >= 0.6 is 0 Å². The van der Waals surface area contributed by atoms with Crippen LogP contribution in [-0.2, 0) is 11.3 Å². The molecule has 7 nitrogen and oxygen atoms in total. The van der Waals surface area contributed by atoms with E-state index >= 15 is 0 Å². The first-order valence-electron chi connectivity index (χ1n) is 9.67. The fraction of sp³-hybridized carbons (Fsp3) is 0.632. The normalized spacial score (nSPS) is 23.3. The fourth-order valence-electron chi connectivity index (χ4n) is 4.26. The molecule has 2 saturated heterocycles. The van der Waals surface area contributed by atoms with E-state index in [0.29, 0.717) is 12.6 Å². The van der Waals surface area contributed by atoms with E-state index in [1.54, 1.807) is 12.4 Å². The van der Waals surface area contributed by atoms with Crippen molar-refractivity contribution in [1.82, 2.24) is 29.5 Å². The minimum Gasteiger partial charge on any atom is -0.350 e. The first-order chi connectivity index (χ1) is 12.7. The van der Waals surface area contributed by atoms with Crippen LogP contribution in [0.25, 0.3) is 5.65 Å². The summed E-state index contributed by atoms with van der Waals surface area (Å²) in [5.41, 5.74) is 1.79. The van der Waals surface area contributed by atoms with Crippen LogP contribution in [0.3, 0.4) is 0 Å². The smallest absolute Gasteiger partial charge is 0.224 e. The van der Waals surface area contributed by atoms with Gasteiger partial charge in [-0.05, 0) is 52.4 Å². The number of rotatable bonds is 4. The standard InChI is InChI=1S/C19H28N6O/c1-23-8-4-16(5-9-23)24-7-2-3-15(14-24)19(26)22-12-17-11-21-18-13-20-6-10-25(17)18/h6,10-11,13,15-16H,2-5,7-9,12,14H2,1H3,(H,22,26). The zero-order chi connectivity index (χ0) is 17.9. The highest BCUT2D eigenvalue weighted by Gasteiger charge is 2.31. The number of fused-ring (bicyclic) bond motifs is 1. The van der Waals surface area contributed by atoms with Gasteiger partial charge in [0, 0.05) is 25.0 Å². The van der Waals surface area contributed by atoms with Crippen molar-refractivity contribution in [3.63, 3.8) is 0 Å². The van der Waals surface area contributed by atoms with Crippen LogP contribution in [0.1, 0.15) is 31.4 Å². The summed E-state index contributed by atoms with van der Waals surface area (Å²) in [6, 6.07) is 0.646. The molecule has 0 spiro atoms. The lowest BCUT2D eigenvalue weighted by Gasteiger charge is -2.41. The Morgan fingerprint density at radius 2 is 2.08 bits per heavy atom. The van der Waals surface area contributed by atoms with Crippen molar-refractivity contribution < 1.29 is 4.79 Å². The van der Waals surface area contributed by atoms with E-state index < -0.39 is 0 Å². The number of aromatic nitrogens is 3. The molecule has 26 heavy (non-hydrogen) atoms. The van der Waals surface area contributed by atoms with Crippen LogP contribution in [-0.4, -0.2) is 69.3 Å². The Bertz CT molecular complexity index is 751. The first-order valence-corrected chi connectivity index (χ1v) is 9.67. The van der Waals surface area contributed by atoms with Crippen molar-refractivity contribution in [2.75, 3.05) is 33.2 Å². The van der Waals surface area contributed by atoms with Gasteiger partial charge in [0.25, 0.3) is 0 Å². The number of carbonyl (C=O) groups excluding carboxylic acids is 1. The van der Waals surface area contributed by atoms with Crippen molar-refractivity contribution in [3.05, 3.63) is 30.5 Å². The quantitative estimate of drug-likeness (QED) is 0.890. The number of imidazole rings is 1. The molecule has 140 valence electrons. The molecule has 2 aliphatic heterocycles. The molecule has 4 rings (SSSR count). The van der Waals surface area contributed by atoms with Gasteiger partial charge >= 0.3 is 0 Å². The van der Waals surface area contributed by atoms with Crippen LogP contribution in [0.2, 0.25) is 0 Å². The lowest BCUT2D eigenvalue weighted by Crippen LogP contribution is -2.50. The summed E-state index contributed by atoms with van der Waals surface area (Å²) >= 11 is 0. The third-order valence-electron chi connectivity index (χ3n) is 5.87. The number of likely N-dealkylation sites (tertiary alicyclic amines) is 2. The monoisotopic (exact) mass is 356 g/mol. The molecule has 1 unspecified atom stereocenters. The zero-order valence-corrected chi connectivity index (χ0v) is 15.5. The SMILES string of the molecule is CN1CCC(N2CCCC(C(=O)NCc3cnc4cnccn34)C2)CC1. The summed E-state index contributed by atoms with van der Waals surface area (Å²) in [5.74, 6) is 0.274. The van der Waals surface area contributed by atoms with E-state index in [1.165, 1.54) is 25.9 Å². The Kier molecular flexibility index (Phi) is 5.17. The van der Waals surface area contributed by atoms with Gasteiger partial charge in [0.2, 0.25) is 5.91 Å². The van der Waals surface area contributed by atoms with Gasteiger partial charge in [0.1, 0.15) is 0 Å². The fourth-order valence-corrected chi connectivity index (χ4v) is 4.26. The maximum absolute atomic E-state index is 12.7. The second-order valence-electron chi connectivity index (χ2n) is 7.64. The molecule has 2 aromatic rings. The molecule has 0 bridgehead atoms. The number of hydrogen-bond donors (Lipinski definition) is 1. The lowest BCUT2D eigenvalue weighted by molar-refractivity contribution is -0.127. The van der Waals surface area contributed by atoms with E-state index in [0.717, 1.165) is 37.3 Å². The van der Waals surface area contributed by atoms with Gasteiger partial charge < -0.3 is 10.2 Å². The van der Waals surface area contributed by atoms with Crippen molar-refractivity contribution in [1.29, 1.82) is 0 Å². The van der Waals surface area contributed by atoms with Crippen molar-refractivity contribution in [3.8, 4) is 0 Å². The summed E-state index contributed by atoms with van der Waals surface area (Å²) in [6.45, 7) is 4.88. The minimum absolute atomic E-state index is 0.101. The predicted octanol–water partition coefficient (Wildman–Crippen LogP) is 1.15. The molecule has 1 amide bonds. The molecule has 1 N–H and O–H groups in total. The minimum atomic E-state index is 0.101. The number of piperidine rings is 2. The number of nitrogens with one attached hydrogen (secondary N) is 1.